The Bertz CT molecular complexity index is 957. The maximum atomic E-state index is 10.7. The zero-order valence-corrected chi connectivity index (χ0v) is 13.4. The molecule has 0 spiro atoms. The number of nitro groups is 2. The van der Waals surface area contributed by atoms with Gasteiger partial charge in [0.15, 0.2) is 0 Å². The van der Waals surface area contributed by atoms with Gasteiger partial charge >= 0.3 is 0 Å². The molecule has 0 radical (unpaired) electrons. The van der Waals surface area contributed by atoms with E-state index < -0.39 is 9.85 Å². The SMILES string of the molecule is Cc1cc([N+](=O)[O-])ccc1N.Nc1ccc([N+](=O)[O-])c2ccccc12. The van der Waals surface area contributed by atoms with Gasteiger partial charge in [0.2, 0.25) is 0 Å². The predicted octanol–water partition coefficient (Wildman–Crippen LogP) is 3.82. The second-order valence-electron chi connectivity index (χ2n) is 5.27. The van der Waals surface area contributed by atoms with Crippen molar-refractivity contribution >= 4 is 33.5 Å². The first-order valence-electron chi connectivity index (χ1n) is 7.23. The first-order chi connectivity index (χ1) is 11.8. The number of anilines is 2. The van der Waals surface area contributed by atoms with Gasteiger partial charge in [-0.3, -0.25) is 20.2 Å². The minimum Gasteiger partial charge on any atom is -0.399 e. The number of hydrogen-bond acceptors (Lipinski definition) is 6. The molecule has 0 unspecified atom stereocenters. The summed E-state index contributed by atoms with van der Waals surface area (Å²) in [7, 11) is 0. The van der Waals surface area contributed by atoms with Gasteiger partial charge in [0, 0.05) is 35.0 Å². The van der Waals surface area contributed by atoms with E-state index in [0.717, 1.165) is 10.9 Å². The van der Waals surface area contributed by atoms with Gasteiger partial charge < -0.3 is 11.5 Å². The molecule has 4 N–H and O–H groups in total. The van der Waals surface area contributed by atoms with Crippen molar-refractivity contribution in [3.05, 3.63) is 80.4 Å². The van der Waals surface area contributed by atoms with Crippen LogP contribution in [0.1, 0.15) is 5.56 Å². The second kappa shape index (κ2) is 7.26. The molecule has 0 aliphatic rings. The molecule has 0 fully saturated rings. The number of benzene rings is 3. The lowest BCUT2D eigenvalue weighted by atomic mass is 10.1. The van der Waals surface area contributed by atoms with Crippen molar-refractivity contribution in [2.75, 3.05) is 11.5 Å². The molecule has 3 aromatic rings. The van der Waals surface area contributed by atoms with E-state index in [1.165, 1.54) is 24.3 Å². The standard InChI is InChI=1S/C10H8N2O2.C7H8N2O2/c11-9-5-6-10(12(13)14)8-4-2-1-3-7(8)9;1-5-4-6(9(10)11)2-3-7(5)8/h1-6H,11H2;2-4H,8H2,1H3. The largest absolute Gasteiger partial charge is 0.399 e. The smallest absolute Gasteiger partial charge is 0.277 e. The van der Waals surface area contributed by atoms with Crippen LogP contribution in [0.3, 0.4) is 0 Å². The summed E-state index contributed by atoms with van der Waals surface area (Å²) < 4.78 is 0. The van der Waals surface area contributed by atoms with Gasteiger partial charge in [0.1, 0.15) is 0 Å². The second-order valence-corrected chi connectivity index (χ2v) is 5.27. The van der Waals surface area contributed by atoms with Gasteiger partial charge in [-0.1, -0.05) is 18.2 Å². The van der Waals surface area contributed by atoms with Crippen LogP contribution in [0.15, 0.2) is 54.6 Å². The monoisotopic (exact) mass is 340 g/mol. The Morgan fingerprint density at radius 2 is 1.40 bits per heavy atom. The number of hydrogen-bond donors (Lipinski definition) is 2. The number of nitrogens with two attached hydrogens (primary N) is 2. The van der Waals surface area contributed by atoms with Crippen LogP contribution in [0, 0.1) is 27.2 Å². The fourth-order valence-electron chi connectivity index (χ4n) is 2.24. The Balaban J connectivity index is 0.000000186. The number of nitrogens with zero attached hydrogens (tertiary/aromatic N) is 2. The molecule has 128 valence electrons. The molecule has 0 saturated carbocycles. The number of nitrogen functional groups attached to an aromatic ring is 2. The Labute approximate surface area is 143 Å². The summed E-state index contributed by atoms with van der Waals surface area (Å²) in [6.07, 6.45) is 0. The van der Waals surface area contributed by atoms with Crippen LogP contribution in [0.4, 0.5) is 22.7 Å². The van der Waals surface area contributed by atoms with Crippen molar-refractivity contribution in [3.63, 3.8) is 0 Å². The third kappa shape index (κ3) is 3.99. The van der Waals surface area contributed by atoms with Gasteiger partial charge in [-0.2, -0.15) is 0 Å². The molecular formula is C17H16N4O4. The molecule has 3 rings (SSSR count). The highest BCUT2D eigenvalue weighted by Crippen LogP contribution is 2.29. The fourth-order valence-corrected chi connectivity index (χ4v) is 2.24. The Hall–Kier alpha value is -3.68. The minimum absolute atomic E-state index is 0.0803. The van der Waals surface area contributed by atoms with Gasteiger partial charge in [-0.15, -0.1) is 0 Å². The molecule has 0 bridgehead atoms. The van der Waals surface area contributed by atoms with E-state index in [2.05, 4.69) is 0 Å². The van der Waals surface area contributed by atoms with Crippen LogP contribution < -0.4 is 11.5 Å². The lowest BCUT2D eigenvalue weighted by molar-refractivity contribution is -0.384. The first-order valence-corrected chi connectivity index (χ1v) is 7.23. The Morgan fingerprint density at radius 3 is 1.96 bits per heavy atom. The van der Waals surface area contributed by atoms with Crippen LogP contribution in [-0.2, 0) is 0 Å². The van der Waals surface area contributed by atoms with E-state index in [-0.39, 0.29) is 11.4 Å². The van der Waals surface area contributed by atoms with Gasteiger partial charge in [-0.25, -0.2) is 0 Å². The summed E-state index contributed by atoms with van der Waals surface area (Å²) in [5.41, 5.74) is 13.2. The van der Waals surface area contributed by atoms with E-state index in [0.29, 0.717) is 16.8 Å². The van der Waals surface area contributed by atoms with Crippen molar-refractivity contribution in [1.29, 1.82) is 0 Å². The molecule has 0 atom stereocenters. The van der Waals surface area contributed by atoms with Crippen LogP contribution in [0.2, 0.25) is 0 Å². The van der Waals surface area contributed by atoms with Crippen molar-refractivity contribution in [1.82, 2.24) is 0 Å². The van der Waals surface area contributed by atoms with Crippen LogP contribution >= 0.6 is 0 Å². The summed E-state index contributed by atoms with van der Waals surface area (Å²) >= 11 is 0. The maximum absolute atomic E-state index is 10.7. The molecule has 0 aliphatic carbocycles. The number of aryl methyl sites for hydroxylation is 1. The first kappa shape index (κ1) is 17.7. The highest BCUT2D eigenvalue weighted by Gasteiger charge is 2.11. The van der Waals surface area contributed by atoms with Crippen molar-refractivity contribution in [2.45, 2.75) is 6.92 Å². The topological polar surface area (TPSA) is 138 Å². The summed E-state index contributed by atoms with van der Waals surface area (Å²) in [6, 6.07) is 14.4. The zero-order chi connectivity index (χ0) is 18.6. The van der Waals surface area contributed by atoms with Crippen LogP contribution in [-0.4, -0.2) is 9.85 Å². The highest BCUT2D eigenvalue weighted by molar-refractivity contribution is 5.98. The maximum Gasteiger partial charge on any atom is 0.277 e. The summed E-state index contributed by atoms with van der Waals surface area (Å²) in [5.74, 6) is 0. The number of rotatable bonds is 2. The van der Waals surface area contributed by atoms with Crippen molar-refractivity contribution < 1.29 is 9.85 Å². The molecule has 3 aromatic carbocycles. The van der Waals surface area contributed by atoms with Gasteiger partial charge in [0.05, 0.1) is 15.2 Å². The molecule has 0 aliphatic heterocycles. The van der Waals surface area contributed by atoms with Gasteiger partial charge in [-0.05, 0) is 30.7 Å². The molecular weight excluding hydrogens is 324 g/mol. The minimum atomic E-state index is -0.438. The lowest BCUT2D eigenvalue weighted by Gasteiger charge is -2.01. The van der Waals surface area contributed by atoms with E-state index in [1.807, 2.05) is 6.07 Å². The van der Waals surface area contributed by atoms with E-state index >= 15 is 0 Å². The average Bonchev–Trinajstić information content (AvgIpc) is 2.58. The summed E-state index contributed by atoms with van der Waals surface area (Å²) in [5, 5.41) is 22.2. The van der Waals surface area contributed by atoms with Crippen LogP contribution in [0.5, 0.6) is 0 Å². The highest BCUT2D eigenvalue weighted by atomic mass is 16.6. The predicted molar refractivity (Wildman–Crippen MR) is 97.3 cm³/mol. The number of fused-ring (bicyclic) bond motifs is 1. The molecule has 0 saturated heterocycles. The normalized spacial score (nSPS) is 9.96. The average molecular weight is 340 g/mol. The molecule has 8 heteroatoms. The molecule has 0 aromatic heterocycles. The van der Waals surface area contributed by atoms with E-state index in [4.69, 9.17) is 11.5 Å². The number of non-ortho nitro benzene ring substituents is 2. The molecule has 25 heavy (non-hydrogen) atoms. The van der Waals surface area contributed by atoms with E-state index in [1.54, 1.807) is 31.2 Å². The zero-order valence-electron chi connectivity index (χ0n) is 13.4. The van der Waals surface area contributed by atoms with E-state index in [9.17, 15) is 20.2 Å². The fraction of sp³-hybridized carbons (Fsp3) is 0.0588. The molecule has 0 amide bonds. The molecule has 8 nitrogen and oxygen atoms in total. The van der Waals surface area contributed by atoms with Gasteiger partial charge in [0.25, 0.3) is 11.4 Å². The van der Waals surface area contributed by atoms with Crippen LogP contribution in [0.25, 0.3) is 10.8 Å². The third-order valence-electron chi connectivity index (χ3n) is 3.60. The third-order valence-corrected chi connectivity index (χ3v) is 3.60. The summed E-state index contributed by atoms with van der Waals surface area (Å²) in [6.45, 7) is 1.74. The quantitative estimate of drug-likeness (QED) is 0.413. The number of nitro benzene ring substituents is 2. The lowest BCUT2D eigenvalue weighted by Crippen LogP contribution is -1.92. The van der Waals surface area contributed by atoms with Crippen molar-refractivity contribution in [3.8, 4) is 0 Å². The van der Waals surface area contributed by atoms with Crippen molar-refractivity contribution in [2.24, 2.45) is 0 Å². The summed E-state index contributed by atoms with van der Waals surface area (Å²) in [4.78, 5) is 20.1. The Morgan fingerprint density at radius 1 is 0.800 bits per heavy atom. The Kier molecular flexibility index (Phi) is 5.13. The molecule has 0 heterocycles.